The van der Waals surface area contributed by atoms with Crippen LogP contribution in [0.1, 0.15) is 0 Å². The minimum absolute atomic E-state index is 0.297. The van der Waals surface area contributed by atoms with Gasteiger partial charge in [0.25, 0.3) is 0 Å². The zero-order valence-corrected chi connectivity index (χ0v) is 9.24. The quantitative estimate of drug-likeness (QED) is 0.804. The third kappa shape index (κ3) is 2.60. The van der Waals surface area contributed by atoms with Crippen LogP contribution in [0.4, 0.5) is 10.5 Å². The van der Waals surface area contributed by atoms with Crippen molar-refractivity contribution in [2.75, 3.05) is 12.4 Å². The predicted octanol–water partition coefficient (Wildman–Crippen LogP) is 2.85. The number of hydrogen-bond acceptors (Lipinski definition) is 1. The summed E-state index contributed by atoms with van der Waals surface area (Å²) < 4.78 is 0.753. The molecule has 0 fully saturated rings. The van der Waals surface area contributed by atoms with Crippen LogP contribution in [0.5, 0.6) is 0 Å². The molecule has 2 amide bonds. The fourth-order valence-electron chi connectivity index (χ4n) is 0.793. The summed E-state index contributed by atoms with van der Waals surface area (Å²) in [5, 5.41) is 5.54. The zero-order valence-electron chi connectivity index (χ0n) is 6.90. The van der Waals surface area contributed by atoms with Crippen molar-refractivity contribution in [3.63, 3.8) is 0 Å². The minimum atomic E-state index is -0.297. The SMILES string of the molecule is CNC(=O)Nc1c(Cl)cccc1Br. The molecule has 70 valence electrons. The van der Waals surface area contributed by atoms with Gasteiger partial charge in [0.1, 0.15) is 0 Å². The van der Waals surface area contributed by atoms with Crippen LogP contribution in [0, 0.1) is 0 Å². The van der Waals surface area contributed by atoms with Crippen molar-refractivity contribution in [1.29, 1.82) is 0 Å². The molecule has 0 radical (unpaired) electrons. The van der Waals surface area contributed by atoms with Crippen LogP contribution in [0.25, 0.3) is 0 Å². The Hall–Kier alpha value is -0.740. The molecule has 2 N–H and O–H groups in total. The number of nitrogens with one attached hydrogen (secondary N) is 2. The summed E-state index contributed by atoms with van der Waals surface area (Å²) in [5.41, 5.74) is 0.573. The van der Waals surface area contributed by atoms with Crippen molar-refractivity contribution in [2.24, 2.45) is 0 Å². The lowest BCUT2D eigenvalue weighted by atomic mass is 10.3. The van der Waals surface area contributed by atoms with Crippen molar-refractivity contribution in [3.05, 3.63) is 27.7 Å². The monoisotopic (exact) mass is 262 g/mol. The van der Waals surface area contributed by atoms with Crippen molar-refractivity contribution >= 4 is 39.2 Å². The van der Waals surface area contributed by atoms with Crippen LogP contribution >= 0.6 is 27.5 Å². The first kappa shape index (κ1) is 10.3. The van der Waals surface area contributed by atoms with E-state index in [4.69, 9.17) is 11.6 Å². The molecule has 13 heavy (non-hydrogen) atoms. The Bertz CT molecular complexity index is 310. The summed E-state index contributed by atoms with van der Waals surface area (Å²) in [5.74, 6) is 0. The van der Waals surface area contributed by atoms with E-state index in [2.05, 4.69) is 26.6 Å². The number of benzene rings is 1. The first-order valence-corrected chi connectivity index (χ1v) is 4.75. The molecular weight excluding hydrogens is 255 g/mol. The highest BCUT2D eigenvalue weighted by atomic mass is 79.9. The smallest absolute Gasteiger partial charge is 0.319 e. The van der Waals surface area contributed by atoms with E-state index in [1.165, 1.54) is 0 Å². The Morgan fingerprint density at radius 3 is 2.77 bits per heavy atom. The first-order chi connectivity index (χ1) is 6.15. The summed E-state index contributed by atoms with van der Waals surface area (Å²) in [7, 11) is 1.54. The van der Waals surface area contributed by atoms with E-state index in [0.717, 1.165) is 4.47 Å². The predicted molar refractivity (Wildman–Crippen MR) is 57.2 cm³/mol. The maximum atomic E-state index is 11.0. The lowest BCUT2D eigenvalue weighted by molar-refractivity contribution is 0.254. The molecule has 0 saturated carbocycles. The van der Waals surface area contributed by atoms with Crippen molar-refractivity contribution < 1.29 is 4.79 Å². The number of amides is 2. The van der Waals surface area contributed by atoms with E-state index in [1.807, 2.05) is 0 Å². The molecular formula is C8H8BrClN2O. The molecule has 1 aromatic rings. The van der Waals surface area contributed by atoms with Gasteiger partial charge >= 0.3 is 6.03 Å². The lowest BCUT2D eigenvalue weighted by Crippen LogP contribution is -2.24. The zero-order chi connectivity index (χ0) is 9.84. The third-order valence-electron chi connectivity index (χ3n) is 1.43. The second-order valence-corrected chi connectivity index (χ2v) is 3.56. The maximum Gasteiger partial charge on any atom is 0.319 e. The molecule has 1 aromatic carbocycles. The number of halogens is 2. The summed E-state index contributed by atoms with van der Waals surface area (Å²) >= 11 is 9.14. The van der Waals surface area contributed by atoms with E-state index < -0.39 is 0 Å². The molecule has 0 bridgehead atoms. The highest BCUT2D eigenvalue weighted by molar-refractivity contribution is 9.10. The van der Waals surface area contributed by atoms with Crippen LogP contribution in [-0.4, -0.2) is 13.1 Å². The Morgan fingerprint density at radius 1 is 1.54 bits per heavy atom. The standard InChI is InChI=1S/C8H8BrClN2O/c1-11-8(13)12-7-5(9)3-2-4-6(7)10/h2-4H,1H3,(H2,11,12,13). The molecule has 1 rings (SSSR count). The fourth-order valence-corrected chi connectivity index (χ4v) is 1.59. The first-order valence-electron chi connectivity index (χ1n) is 3.58. The number of urea groups is 1. The minimum Gasteiger partial charge on any atom is -0.341 e. The average molecular weight is 264 g/mol. The number of rotatable bonds is 1. The van der Waals surface area contributed by atoms with Gasteiger partial charge in [-0.15, -0.1) is 0 Å². The number of carbonyl (C=O) groups is 1. The van der Waals surface area contributed by atoms with Gasteiger partial charge in [-0.25, -0.2) is 4.79 Å². The van der Waals surface area contributed by atoms with Crippen LogP contribution < -0.4 is 10.6 Å². The summed E-state index contributed by atoms with van der Waals surface area (Å²) in [4.78, 5) is 11.0. The second kappa shape index (κ2) is 4.48. The molecule has 0 saturated heterocycles. The summed E-state index contributed by atoms with van der Waals surface area (Å²) in [6.45, 7) is 0. The second-order valence-electron chi connectivity index (χ2n) is 2.30. The van der Waals surface area contributed by atoms with Crippen molar-refractivity contribution in [1.82, 2.24) is 5.32 Å². The van der Waals surface area contributed by atoms with Gasteiger partial charge in [-0.3, -0.25) is 0 Å². The fraction of sp³-hybridized carbons (Fsp3) is 0.125. The maximum absolute atomic E-state index is 11.0. The largest absolute Gasteiger partial charge is 0.341 e. The normalized spacial score (nSPS) is 9.46. The van der Waals surface area contributed by atoms with Crippen molar-refractivity contribution in [2.45, 2.75) is 0 Å². The van der Waals surface area contributed by atoms with E-state index >= 15 is 0 Å². The van der Waals surface area contributed by atoms with Gasteiger partial charge in [-0.05, 0) is 28.1 Å². The summed E-state index contributed by atoms with van der Waals surface area (Å²) in [6, 6.07) is 5.00. The van der Waals surface area contributed by atoms with Gasteiger partial charge in [-0.1, -0.05) is 17.7 Å². The Balaban J connectivity index is 2.93. The van der Waals surface area contributed by atoms with E-state index in [1.54, 1.807) is 25.2 Å². The lowest BCUT2D eigenvalue weighted by Gasteiger charge is -2.07. The highest BCUT2D eigenvalue weighted by Gasteiger charge is 2.06. The van der Waals surface area contributed by atoms with Crippen LogP contribution in [0.3, 0.4) is 0 Å². The Kier molecular flexibility index (Phi) is 3.57. The number of hydrogen-bond donors (Lipinski definition) is 2. The number of anilines is 1. The van der Waals surface area contributed by atoms with Crippen LogP contribution in [0.2, 0.25) is 5.02 Å². The Morgan fingerprint density at radius 2 is 2.23 bits per heavy atom. The third-order valence-corrected chi connectivity index (χ3v) is 2.40. The van der Waals surface area contributed by atoms with Gasteiger partial charge < -0.3 is 10.6 Å². The van der Waals surface area contributed by atoms with Gasteiger partial charge in [-0.2, -0.15) is 0 Å². The van der Waals surface area contributed by atoms with Crippen LogP contribution in [0.15, 0.2) is 22.7 Å². The van der Waals surface area contributed by atoms with E-state index in [-0.39, 0.29) is 6.03 Å². The number of para-hydroxylation sites is 1. The van der Waals surface area contributed by atoms with Gasteiger partial charge in [0.05, 0.1) is 10.7 Å². The molecule has 0 aliphatic carbocycles. The van der Waals surface area contributed by atoms with Crippen molar-refractivity contribution in [3.8, 4) is 0 Å². The molecule has 0 heterocycles. The molecule has 0 aliphatic rings. The molecule has 0 spiro atoms. The number of carbonyl (C=O) groups excluding carboxylic acids is 1. The topological polar surface area (TPSA) is 41.1 Å². The molecule has 0 aromatic heterocycles. The molecule has 5 heteroatoms. The van der Waals surface area contributed by atoms with E-state index in [9.17, 15) is 4.79 Å². The average Bonchev–Trinajstić information content (AvgIpc) is 2.11. The highest BCUT2D eigenvalue weighted by Crippen LogP contribution is 2.29. The van der Waals surface area contributed by atoms with Gasteiger partial charge in [0, 0.05) is 11.5 Å². The molecule has 0 unspecified atom stereocenters. The van der Waals surface area contributed by atoms with Gasteiger partial charge in [0.15, 0.2) is 0 Å². The van der Waals surface area contributed by atoms with Gasteiger partial charge in [0.2, 0.25) is 0 Å². The Labute approximate surface area is 89.6 Å². The molecule has 0 aliphatic heterocycles. The summed E-state index contributed by atoms with van der Waals surface area (Å²) in [6.07, 6.45) is 0. The molecule has 0 atom stereocenters. The molecule has 3 nitrogen and oxygen atoms in total. The van der Waals surface area contributed by atoms with Crippen LogP contribution in [-0.2, 0) is 0 Å². The van der Waals surface area contributed by atoms with E-state index in [0.29, 0.717) is 10.7 Å².